The molecule has 2 atom stereocenters. The summed E-state index contributed by atoms with van der Waals surface area (Å²) in [5.41, 5.74) is 6.68. The molecule has 116 valence electrons. The molecule has 1 aliphatic heterocycles. The highest BCUT2D eigenvalue weighted by molar-refractivity contribution is 5.30. The summed E-state index contributed by atoms with van der Waals surface area (Å²) < 4.78 is 25.9. The number of hydrogen-bond acceptors (Lipinski definition) is 3. The first kappa shape index (κ1) is 14.8. The molecule has 1 aromatic carbocycles. The van der Waals surface area contributed by atoms with E-state index in [2.05, 4.69) is 0 Å². The van der Waals surface area contributed by atoms with E-state index in [1.165, 1.54) is 12.5 Å². The second-order valence-corrected chi connectivity index (χ2v) is 6.56. The van der Waals surface area contributed by atoms with Crippen LogP contribution in [0, 0.1) is 5.82 Å². The van der Waals surface area contributed by atoms with Crippen molar-refractivity contribution in [2.45, 2.75) is 63.2 Å². The minimum absolute atomic E-state index is 0.0221. The van der Waals surface area contributed by atoms with Gasteiger partial charge < -0.3 is 15.2 Å². The number of benzene rings is 1. The molecule has 21 heavy (non-hydrogen) atoms. The molecule has 0 bridgehead atoms. The summed E-state index contributed by atoms with van der Waals surface area (Å²) >= 11 is 0. The van der Waals surface area contributed by atoms with Gasteiger partial charge in [-0.1, -0.05) is 6.07 Å². The molecule has 1 heterocycles. The summed E-state index contributed by atoms with van der Waals surface area (Å²) in [6.45, 7) is 2.64. The first-order valence-electron chi connectivity index (χ1n) is 7.91. The minimum atomic E-state index is -0.290. The molecule has 1 saturated carbocycles. The molecule has 1 aliphatic carbocycles. The van der Waals surface area contributed by atoms with Gasteiger partial charge in [0.25, 0.3) is 0 Å². The van der Waals surface area contributed by atoms with Gasteiger partial charge >= 0.3 is 0 Å². The molecule has 2 fully saturated rings. The van der Waals surface area contributed by atoms with Gasteiger partial charge in [0.2, 0.25) is 0 Å². The van der Waals surface area contributed by atoms with Gasteiger partial charge in [0.15, 0.2) is 11.6 Å². The summed E-state index contributed by atoms with van der Waals surface area (Å²) in [5.74, 6) is 0.0621. The van der Waals surface area contributed by atoms with Gasteiger partial charge in [-0.15, -0.1) is 0 Å². The van der Waals surface area contributed by atoms with Crippen molar-refractivity contribution < 1.29 is 13.9 Å². The van der Waals surface area contributed by atoms with E-state index in [1.54, 1.807) is 6.07 Å². The van der Waals surface area contributed by atoms with E-state index >= 15 is 0 Å². The highest BCUT2D eigenvalue weighted by atomic mass is 19.1. The number of nitrogens with two attached hydrogens (primary N) is 1. The molecule has 4 heteroatoms. The van der Waals surface area contributed by atoms with Crippen LogP contribution >= 0.6 is 0 Å². The summed E-state index contributed by atoms with van der Waals surface area (Å²) in [7, 11) is 0. The Hall–Kier alpha value is -1.13. The number of hydrogen-bond donors (Lipinski definition) is 1. The second-order valence-electron chi connectivity index (χ2n) is 6.56. The molecule has 3 rings (SSSR count). The van der Waals surface area contributed by atoms with Gasteiger partial charge in [-0.2, -0.15) is 0 Å². The molecule has 3 nitrogen and oxygen atoms in total. The Balaban J connectivity index is 1.64. The second kappa shape index (κ2) is 5.93. The van der Waals surface area contributed by atoms with E-state index in [0.29, 0.717) is 12.2 Å². The summed E-state index contributed by atoms with van der Waals surface area (Å²) in [4.78, 5) is 0. The predicted octanol–water partition coefficient (Wildman–Crippen LogP) is 3.20. The SMILES string of the molecule is CC(N)Cc1ccc(OC2CCOC3(CCC3)C2)c(F)c1. The Morgan fingerprint density at radius 2 is 2.29 bits per heavy atom. The molecule has 2 aliphatic rings. The Labute approximate surface area is 125 Å². The van der Waals surface area contributed by atoms with Crippen molar-refractivity contribution in [3.05, 3.63) is 29.6 Å². The molecule has 1 aromatic rings. The summed E-state index contributed by atoms with van der Waals surface area (Å²) in [6.07, 6.45) is 5.92. The van der Waals surface area contributed by atoms with E-state index in [1.807, 2.05) is 13.0 Å². The Bertz CT molecular complexity index is 500. The van der Waals surface area contributed by atoms with E-state index in [-0.39, 0.29) is 23.6 Å². The van der Waals surface area contributed by atoms with Crippen LogP contribution in [0.5, 0.6) is 5.75 Å². The maximum absolute atomic E-state index is 14.1. The standard InChI is InChI=1S/C17H24FNO2/c1-12(19)9-13-3-4-16(15(18)10-13)21-14-5-8-20-17(11-14)6-2-7-17/h3-4,10,12,14H,2,5-9,11,19H2,1H3. The van der Waals surface area contributed by atoms with Gasteiger partial charge in [0.05, 0.1) is 12.2 Å². The van der Waals surface area contributed by atoms with Gasteiger partial charge in [-0.3, -0.25) is 0 Å². The van der Waals surface area contributed by atoms with Crippen molar-refractivity contribution in [3.63, 3.8) is 0 Å². The number of rotatable bonds is 4. The lowest BCUT2D eigenvalue weighted by atomic mass is 9.74. The third kappa shape index (κ3) is 3.38. The van der Waals surface area contributed by atoms with Gasteiger partial charge in [0.1, 0.15) is 6.10 Å². The van der Waals surface area contributed by atoms with Crippen LogP contribution in [-0.4, -0.2) is 24.4 Å². The van der Waals surface area contributed by atoms with Crippen LogP contribution in [0.2, 0.25) is 0 Å². The fourth-order valence-corrected chi connectivity index (χ4v) is 3.32. The zero-order valence-corrected chi connectivity index (χ0v) is 12.6. The smallest absolute Gasteiger partial charge is 0.165 e. The van der Waals surface area contributed by atoms with E-state index < -0.39 is 0 Å². The number of halogens is 1. The van der Waals surface area contributed by atoms with Crippen LogP contribution in [0.4, 0.5) is 4.39 Å². The van der Waals surface area contributed by atoms with Crippen LogP contribution in [0.1, 0.15) is 44.6 Å². The van der Waals surface area contributed by atoms with E-state index in [4.69, 9.17) is 15.2 Å². The molecule has 2 N–H and O–H groups in total. The molecule has 1 spiro atoms. The van der Waals surface area contributed by atoms with Crippen LogP contribution in [-0.2, 0) is 11.2 Å². The highest BCUT2D eigenvalue weighted by Crippen LogP contribution is 2.43. The zero-order chi connectivity index (χ0) is 14.9. The molecular formula is C17H24FNO2. The van der Waals surface area contributed by atoms with Gasteiger partial charge in [-0.25, -0.2) is 4.39 Å². The minimum Gasteiger partial charge on any atom is -0.487 e. The maximum atomic E-state index is 14.1. The average Bonchev–Trinajstić information content (AvgIpc) is 2.40. The normalized spacial score (nSPS) is 25.4. The Kier molecular flexibility index (Phi) is 4.18. The first-order chi connectivity index (χ1) is 10.1. The van der Waals surface area contributed by atoms with Crippen molar-refractivity contribution in [3.8, 4) is 5.75 Å². The average molecular weight is 293 g/mol. The van der Waals surface area contributed by atoms with Crippen molar-refractivity contribution in [1.29, 1.82) is 0 Å². The molecule has 1 saturated heterocycles. The van der Waals surface area contributed by atoms with Gasteiger partial charge in [-0.05, 0) is 50.3 Å². The van der Waals surface area contributed by atoms with E-state index in [9.17, 15) is 4.39 Å². The summed E-state index contributed by atoms with van der Waals surface area (Å²) in [6, 6.07) is 5.21. The zero-order valence-electron chi connectivity index (χ0n) is 12.6. The highest BCUT2D eigenvalue weighted by Gasteiger charge is 2.43. The van der Waals surface area contributed by atoms with Crippen LogP contribution in [0.3, 0.4) is 0 Å². The third-order valence-corrected chi connectivity index (χ3v) is 4.56. The summed E-state index contributed by atoms with van der Waals surface area (Å²) in [5, 5.41) is 0. The predicted molar refractivity (Wildman–Crippen MR) is 79.9 cm³/mol. The Morgan fingerprint density at radius 3 is 2.90 bits per heavy atom. The van der Waals surface area contributed by atoms with Crippen molar-refractivity contribution in [1.82, 2.24) is 0 Å². The first-order valence-corrected chi connectivity index (χ1v) is 7.91. The van der Waals surface area contributed by atoms with Crippen LogP contribution < -0.4 is 10.5 Å². The lowest BCUT2D eigenvalue weighted by Crippen LogP contribution is -2.48. The third-order valence-electron chi connectivity index (χ3n) is 4.56. The topological polar surface area (TPSA) is 44.5 Å². The van der Waals surface area contributed by atoms with Gasteiger partial charge in [0, 0.05) is 18.9 Å². The monoisotopic (exact) mass is 293 g/mol. The van der Waals surface area contributed by atoms with Crippen LogP contribution in [0.25, 0.3) is 0 Å². The van der Waals surface area contributed by atoms with E-state index in [0.717, 1.165) is 37.9 Å². The molecule has 0 amide bonds. The fourth-order valence-electron chi connectivity index (χ4n) is 3.32. The fraction of sp³-hybridized carbons (Fsp3) is 0.647. The van der Waals surface area contributed by atoms with Crippen molar-refractivity contribution in [2.24, 2.45) is 5.73 Å². The van der Waals surface area contributed by atoms with Crippen LogP contribution in [0.15, 0.2) is 18.2 Å². The lowest BCUT2D eigenvalue weighted by molar-refractivity contribution is -0.153. The molecule has 0 radical (unpaired) electrons. The molecule has 0 aromatic heterocycles. The number of ether oxygens (including phenoxy) is 2. The molecular weight excluding hydrogens is 269 g/mol. The quantitative estimate of drug-likeness (QED) is 0.927. The maximum Gasteiger partial charge on any atom is 0.165 e. The Morgan fingerprint density at radius 1 is 1.48 bits per heavy atom. The van der Waals surface area contributed by atoms with Crippen molar-refractivity contribution >= 4 is 0 Å². The molecule has 2 unspecified atom stereocenters. The van der Waals surface area contributed by atoms with Crippen molar-refractivity contribution in [2.75, 3.05) is 6.61 Å². The largest absolute Gasteiger partial charge is 0.487 e. The lowest BCUT2D eigenvalue weighted by Gasteiger charge is -2.46.